The monoisotopic (exact) mass is 304 g/mol. The van der Waals surface area contributed by atoms with Crippen molar-refractivity contribution in [3.05, 3.63) is 23.8 Å². The summed E-state index contributed by atoms with van der Waals surface area (Å²) in [5.41, 5.74) is 1.25. The van der Waals surface area contributed by atoms with Gasteiger partial charge in [0, 0.05) is 18.7 Å². The highest BCUT2D eigenvalue weighted by atomic mass is 16.5. The van der Waals surface area contributed by atoms with Gasteiger partial charge in [-0.2, -0.15) is 0 Å². The van der Waals surface area contributed by atoms with Crippen LogP contribution in [0.1, 0.15) is 36.0 Å². The number of nitrogens with zero attached hydrogens (tertiary/aromatic N) is 4. The molecule has 22 heavy (non-hydrogen) atoms. The number of rotatable bonds is 9. The van der Waals surface area contributed by atoms with Gasteiger partial charge in [-0.25, -0.2) is 4.68 Å². The normalized spacial score (nSPS) is 10.6. The van der Waals surface area contributed by atoms with Crippen LogP contribution in [0.3, 0.4) is 0 Å². The van der Waals surface area contributed by atoms with Crippen LogP contribution >= 0.6 is 0 Å². The highest BCUT2D eigenvalue weighted by Crippen LogP contribution is 2.24. The van der Waals surface area contributed by atoms with Crippen molar-refractivity contribution in [2.24, 2.45) is 0 Å². The number of benzene rings is 1. The van der Waals surface area contributed by atoms with Gasteiger partial charge in [-0.1, -0.05) is 12.8 Å². The Morgan fingerprint density at radius 1 is 1.27 bits per heavy atom. The van der Waals surface area contributed by atoms with Crippen molar-refractivity contribution in [3.63, 3.8) is 0 Å². The van der Waals surface area contributed by atoms with E-state index in [4.69, 9.17) is 9.84 Å². The molecule has 0 aliphatic carbocycles. The van der Waals surface area contributed by atoms with E-state index in [2.05, 4.69) is 15.5 Å². The Bertz CT molecular complexity index is 613. The molecule has 1 N–H and O–H groups in total. The number of carbonyl (C=O) groups is 1. The minimum atomic E-state index is 0.233. The number of aromatic nitrogens is 4. The van der Waals surface area contributed by atoms with Gasteiger partial charge in [0.2, 0.25) is 0 Å². The Balaban J connectivity index is 2.10. The molecule has 0 spiro atoms. The Morgan fingerprint density at radius 3 is 2.82 bits per heavy atom. The number of unbranched alkanes of at least 4 members (excludes halogenated alkanes) is 3. The van der Waals surface area contributed by atoms with Gasteiger partial charge in [-0.3, -0.25) is 4.79 Å². The van der Waals surface area contributed by atoms with Gasteiger partial charge in [-0.05, 0) is 41.5 Å². The van der Waals surface area contributed by atoms with E-state index < -0.39 is 0 Å². The van der Waals surface area contributed by atoms with Gasteiger partial charge >= 0.3 is 0 Å². The van der Waals surface area contributed by atoms with E-state index in [1.54, 1.807) is 16.8 Å². The van der Waals surface area contributed by atoms with Crippen molar-refractivity contribution >= 4 is 6.29 Å². The zero-order valence-corrected chi connectivity index (χ0v) is 12.6. The van der Waals surface area contributed by atoms with Crippen molar-refractivity contribution in [3.8, 4) is 17.1 Å². The lowest BCUT2D eigenvalue weighted by molar-refractivity contribution is 0.112. The van der Waals surface area contributed by atoms with Crippen LogP contribution in [0.5, 0.6) is 5.75 Å². The maximum atomic E-state index is 11.1. The van der Waals surface area contributed by atoms with Crippen LogP contribution in [0.4, 0.5) is 0 Å². The molecular formula is C15H20N4O3. The molecule has 118 valence electrons. The first-order chi connectivity index (χ1) is 10.8. The second kappa shape index (κ2) is 8.23. The van der Waals surface area contributed by atoms with Gasteiger partial charge in [0.05, 0.1) is 12.7 Å². The first-order valence-electron chi connectivity index (χ1n) is 7.30. The molecule has 2 aromatic rings. The van der Waals surface area contributed by atoms with Crippen LogP contribution < -0.4 is 4.74 Å². The lowest BCUT2D eigenvalue weighted by atomic mass is 10.1. The molecule has 0 aliphatic heterocycles. The van der Waals surface area contributed by atoms with Gasteiger partial charge in [0.15, 0.2) is 12.1 Å². The molecule has 2 rings (SSSR count). The molecule has 0 saturated heterocycles. The quantitative estimate of drug-likeness (QED) is 0.560. The molecular weight excluding hydrogens is 284 g/mol. The van der Waals surface area contributed by atoms with E-state index in [1.807, 2.05) is 6.07 Å². The maximum absolute atomic E-state index is 11.1. The van der Waals surface area contributed by atoms with Crippen LogP contribution in [0.15, 0.2) is 18.2 Å². The SMILES string of the molecule is COc1ccc(-c2nnnn2CCCCCCO)cc1C=O. The third-order valence-corrected chi connectivity index (χ3v) is 3.42. The number of aliphatic hydroxyl groups is 1. The molecule has 0 saturated carbocycles. The van der Waals surface area contributed by atoms with E-state index in [-0.39, 0.29) is 6.61 Å². The number of hydrogen-bond acceptors (Lipinski definition) is 6. The summed E-state index contributed by atoms with van der Waals surface area (Å²) in [6.45, 7) is 0.937. The van der Waals surface area contributed by atoms with Crippen molar-refractivity contribution in [2.75, 3.05) is 13.7 Å². The molecule has 0 fully saturated rings. The van der Waals surface area contributed by atoms with Gasteiger partial charge in [0.1, 0.15) is 5.75 Å². The van der Waals surface area contributed by atoms with Crippen molar-refractivity contribution < 1.29 is 14.6 Å². The Hall–Kier alpha value is -2.28. The van der Waals surface area contributed by atoms with Crippen LogP contribution in [0.25, 0.3) is 11.4 Å². The van der Waals surface area contributed by atoms with Gasteiger partial charge in [0.25, 0.3) is 0 Å². The minimum absolute atomic E-state index is 0.233. The zero-order chi connectivity index (χ0) is 15.8. The number of aliphatic hydroxyl groups excluding tert-OH is 1. The fraction of sp³-hybridized carbons (Fsp3) is 0.467. The molecule has 0 unspecified atom stereocenters. The molecule has 1 aromatic heterocycles. The number of hydrogen-bond donors (Lipinski definition) is 1. The topological polar surface area (TPSA) is 90.1 Å². The first-order valence-corrected chi connectivity index (χ1v) is 7.30. The average molecular weight is 304 g/mol. The van der Waals surface area contributed by atoms with E-state index in [1.165, 1.54) is 7.11 Å². The van der Waals surface area contributed by atoms with Gasteiger partial charge < -0.3 is 9.84 Å². The summed E-state index contributed by atoms with van der Waals surface area (Å²) in [5.74, 6) is 1.16. The summed E-state index contributed by atoms with van der Waals surface area (Å²) in [6.07, 6.45) is 4.53. The van der Waals surface area contributed by atoms with Crippen molar-refractivity contribution in [2.45, 2.75) is 32.2 Å². The molecule has 0 atom stereocenters. The molecule has 0 radical (unpaired) electrons. The van der Waals surface area contributed by atoms with E-state index in [0.717, 1.165) is 37.5 Å². The van der Waals surface area contributed by atoms with Crippen molar-refractivity contribution in [1.29, 1.82) is 0 Å². The number of tetrazole rings is 1. The smallest absolute Gasteiger partial charge is 0.182 e. The van der Waals surface area contributed by atoms with Gasteiger partial charge in [-0.15, -0.1) is 5.10 Å². The number of aryl methyl sites for hydroxylation is 1. The summed E-state index contributed by atoms with van der Waals surface area (Å²) in [7, 11) is 1.53. The molecule has 0 amide bonds. The minimum Gasteiger partial charge on any atom is -0.496 e. The predicted molar refractivity (Wildman–Crippen MR) is 80.7 cm³/mol. The Kier molecular flexibility index (Phi) is 6.02. The summed E-state index contributed by atoms with van der Waals surface area (Å²) in [4.78, 5) is 11.1. The molecule has 7 nitrogen and oxygen atoms in total. The van der Waals surface area contributed by atoms with Crippen LogP contribution in [0, 0.1) is 0 Å². The number of methoxy groups -OCH3 is 1. The Morgan fingerprint density at radius 2 is 2.09 bits per heavy atom. The maximum Gasteiger partial charge on any atom is 0.182 e. The van der Waals surface area contributed by atoms with Crippen LogP contribution in [-0.4, -0.2) is 45.3 Å². The summed E-state index contributed by atoms with van der Waals surface area (Å²) in [6, 6.07) is 5.29. The standard InChI is InChI=1S/C15H20N4O3/c1-22-14-7-6-12(10-13(14)11-21)15-16-17-18-19(15)8-4-2-3-5-9-20/h6-7,10-11,20H,2-5,8-9H2,1H3. The summed E-state index contributed by atoms with van der Waals surface area (Å²) < 4.78 is 6.86. The number of aldehydes is 1. The zero-order valence-electron chi connectivity index (χ0n) is 12.6. The lowest BCUT2D eigenvalue weighted by Gasteiger charge is -2.07. The fourth-order valence-corrected chi connectivity index (χ4v) is 2.25. The lowest BCUT2D eigenvalue weighted by Crippen LogP contribution is -2.04. The number of carbonyl (C=O) groups excluding carboxylic acids is 1. The predicted octanol–water partition coefficient (Wildman–Crippen LogP) is 1.71. The summed E-state index contributed by atoms with van der Waals surface area (Å²) in [5, 5.41) is 20.5. The average Bonchev–Trinajstić information content (AvgIpc) is 3.02. The van der Waals surface area contributed by atoms with E-state index >= 15 is 0 Å². The second-order valence-corrected chi connectivity index (χ2v) is 4.94. The number of ether oxygens (including phenoxy) is 1. The first kappa shape index (κ1) is 16.1. The highest BCUT2D eigenvalue weighted by molar-refractivity contribution is 5.82. The molecule has 0 bridgehead atoms. The fourth-order valence-electron chi connectivity index (χ4n) is 2.25. The highest BCUT2D eigenvalue weighted by Gasteiger charge is 2.11. The molecule has 1 heterocycles. The van der Waals surface area contributed by atoms with E-state index in [0.29, 0.717) is 23.7 Å². The van der Waals surface area contributed by atoms with Crippen LogP contribution in [-0.2, 0) is 6.54 Å². The van der Waals surface area contributed by atoms with Crippen LogP contribution in [0.2, 0.25) is 0 Å². The molecule has 7 heteroatoms. The third-order valence-electron chi connectivity index (χ3n) is 3.42. The third kappa shape index (κ3) is 3.88. The van der Waals surface area contributed by atoms with Crippen molar-refractivity contribution in [1.82, 2.24) is 20.2 Å². The summed E-state index contributed by atoms with van der Waals surface area (Å²) >= 11 is 0. The molecule has 0 aliphatic rings. The van der Waals surface area contributed by atoms with E-state index in [9.17, 15) is 4.79 Å². The molecule has 1 aromatic carbocycles. The largest absolute Gasteiger partial charge is 0.496 e. The second-order valence-electron chi connectivity index (χ2n) is 4.94. The Labute approximate surface area is 128 Å².